The first-order valence-electron chi connectivity index (χ1n) is 8.03. The van der Waals surface area contributed by atoms with Crippen LogP contribution < -0.4 is 0 Å². The van der Waals surface area contributed by atoms with Gasteiger partial charge in [0.25, 0.3) is 5.91 Å². The van der Waals surface area contributed by atoms with Crippen LogP contribution in [0.3, 0.4) is 0 Å². The Bertz CT molecular complexity index is 1110. The maximum absolute atomic E-state index is 13.9. The van der Waals surface area contributed by atoms with Crippen LogP contribution >= 0.6 is 11.6 Å². The first kappa shape index (κ1) is 18.7. The molecule has 0 radical (unpaired) electrons. The number of halogens is 6. The number of alkyl halides is 3. The number of carbonyl (C=O) groups excluding carboxylic acids is 1. The number of carbonyl (C=O) groups is 1. The standard InChI is InChI=1S/C16H11ClF5N5O/c1-6-4-27-7(3-23-15(27)16(20,21)22)5-26(6)14(28)13-24-11-9(19)2-8(18)10(17)12(11)25-13/h2-3,6H,4-5H2,1H3,(H,24,25). The van der Waals surface area contributed by atoms with Gasteiger partial charge in [0.15, 0.2) is 11.6 Å². The monoisotopic (exact) mass is 419 g/mol. The van der Waals surface area contributed by atoms with Crippen LogP contribution in [0.4, 0.5) is 22.0 Å². The molecule has 1 aliphatic rings. The molecule has 12 heteroatoms. The van der Waals surface area contributed by atoms with Gasteiger partial charge >= 0.3 is 6.18 Å². The number of imidazole rings is 2. The fourth-order valence-corrected chi connectivity index (χ4v) is 3.43. The second kappa shape index (κ2) is 6.16. The number of aromatic amines is 1. The van der Waals surface area contributed by atoms with E-state index in [0.29, 0.717) is 6.07 Å². The van der Waals surface area contributed by atoms with E-state index >= 15 is 0 Å². The van der Waals surface area contributed by atoms with E-state index in [1.807, 2.05) is 0 Å². The maximum Gasteiger partial charge on any atom is 0.449 e. The second-order valence-electron chi connectivity index (χ2n) is 6.43. The van der Waals surface area contributed by atoms with Crippen LogP contribution in [0.2, 0.25) is 5.02 Å². The minimum atomic E-state index is -4.61. The number of amides is 1. The van der Waals surface area contributed by atoms with E-state index in [0.717, 1.165) is 10.8 Å². The zero-order valence-electron chi connectivity index (χ0n) is 14.1. The third-order valence-electron chi connectivity index (χ3n) is 4.58. The van der Waals surface area contributed by atoms with Crippen molar-refractivity contribution >= 4 is 28.5 Å². The van der Waals surface area contributed by atoms with Crippen molar-refractivity contribution in [3.63, 3.8) is 0 Å². The largest absolute Gasteiger partial charge is 0.449 e. The minimum absolute atomic E-state index is 0.125. The highest BCUT2D eigenvalue weighted by atomic mass is 35.5. The summed E-state index contributed by atoms with van der Waals surface area (Å²) in [6.07, 6.45) is -3.55. The number of H-pyrrole nitrogens is 1. The Labute approximate surface area is 158 Å². The first-order valence-corrected chi connectivity index (χ1v) is 8.41. The van der Waals surface area contributed by atoms with E-state index in [4.69, 9.17) is 11.6 Å². The van der Waals surface area contributed by atoms with Crippen LogP contribution in [0.5, 0.6) is 0 Å². The zero-order chi connectivity index (χ0) is 20.4. The number of benzene rings is 1. The molecule has 0 fully saturated rings. The Morgan fingerprint density at radius 3 is 2.71 bits per heavy atom. The molecular formula is C16H11ClF5N5O. The Hall–Kier alpha value is -2.69. The van der Waals surface area contributed by atoms with Gasteiger partial charge in [0.2, 0.25) is 5.82 Å². The zero-order valence-corrected chi connectivity index (χ0v) is 14.9. The second-order valence-corrected chi connectivity index (χ2v) is 6.80. The van der Waals surface area contributed by atoms with Crippen LogP contribution in [0, 0.1) is 11.6 Å². The summed E-state index contributed by atoms with van der Waals surface area (Å²) in [4.78, 5) is 23.9. The number of hydrogen-bond acceptors (Lipinski definition) is 3. The number of hydrogen-bond donors (Lipinski definition) is 1. The van der Waals surface area contributed by atoms with E-state index in [1.54, 1.807) is 6.92 Å². The van der Waals surface area contributed by atoms with Crippen molar-refractivity contribution in [2.45, 2.75) is 32.2 Å². The Kier molecular flexibility index (Phi) is 4.11. The number of nitrogens with zero attached hydrogens (tertiary/aromatic N) is 4. The Morgan fingerprint density at radius 2 is 2.04 bits per heavy atom. The summed E-state index contributed by atoms with van der Waals surface area (Å²) >= 11 is 5.79. The maximum atomic E-state index is 13.9. The molecule has 0 spiro atoms. The van der Waals surface area contributed by atoms with Crippen LogP contribution in [-0.2, 0) is 19.3 Å². The van der Waals surface area contributed by atoms with Gasteiger partial charge in [-0.15, -0.1) is 0 Å². The lowest BCUT2D eigenvalue weighted by Crippen LogP contribution is -2.45. The summed E-state index contributed by atoms with van der Waals surface area (Å²) in [5.41, 5.74) is -0.273. The van der Waals surface area contributed by atoms with Crippen molar-refractivity contribution in [2.75, 3.05) is 0 Å². The lowest BCUT2D eigenvalue weighted by Gasteiger charge is -2.34. The predicted molar refractivity (Wildman–Crippen MR) is 87.6 cm³/mol. The summed E-state index contributed by atoms with van der Waals surface area (Å²) in [5.74, 6) is -4.01. The Morgan fingerprint density at radius 1 is 1.32 bits per heavy atom. The first-order chi connectivity index (χ1) is 13.1. The van der Waals surface area contributed by atoms with E-state index < -0.39 is 40.6 Å². The van der Waals surface area contributed by atoms with Gasteiger partial charge in [0, 0.05) is 18.7 Å². The van der Waals surface area contributed by atoms with Gasteiger partial charge in [-0.3, -0.25) is 4.79 Å². The number of rotatable bonds is 1. The molecule has 1 unspecified atom stereocenters. The van der Waals surface area contributed by atoms with Gasteiger partial charge in [0.1, 0.15) is 16.4 Å². The van der Waals surface area contributed by atoms with Crippen molar-refractivity contribution in [1.82, 2.24) is 24.4 Å². The average Bonchev–Trinajstić information content (AvgIpc) is 3.22. The molecule has 3 aromatic rings. The van der Waals surface area contributed by atoms with Crippen LogP contribution in [-0.4, -0.2) is 36.4 Å². The van der Waals surface area contributed by atoms with E-state index in [2.05, 4.69) is 15.0 Å². The van der Waals surface area contributed by atoms with E-state index in [1.165, 1.54) is 4.90 Å². The Balaban J connectivity index is 1.70. The molecule has 28 heavy (non-hydrogen) atoms. The highest BCUT2D eigenvalue weighted by molar-refractivity contribution is 6.35. The predicted octanol–water partition coefficient (Wildman–Crippen LogP) is 3.75. The quantitative estimate of drug-likeness (QED) is 0.482. The molecule has 0 saturated heterocycles. The van der Waals surface area contributed by atoms with Gasteiger partial charge in [-0.2, -0.15) is 13.2 Å². The molecule has 4 rings (SSSR count). The van der Waals surface area contributed by atoms with Crippen molar-refractivity contribution < 1.29 is 26.7 Å². The number of aromatic nitrogens is 4. The summed E-state index contributed by atoms with van der Waals surface area (Å²) in [6.45, 7) is 1.29. The van der Waals surface area contributed by atoms with Gasteiger partial charge in [-0.1, -0.05) is 11.6 Å². The summed E-state index contributed by atoms with van der Waals surface area (Å²) in [7, 11) is 0. The smallest absolute Gasteiger partial charge is 0.332 e. The molecular weight excluding hydrogens is 409 g/mol. The highest BCUT2D eigenvalue weighted by Gasteiger charge is 2.40. The fourth-order valence-electron chi connectivity index (χ4n) is 3.24. The molecule has 0 saturated carbocycles. The normalized spacial score (nSPS) is 17.2. The molecule has 6 nitrogen and oxygen atoms in total. The van der Waals surface area contributed by atoms with Gasteiger partial charge in [-0.05, 0) is 6.92 Å². The molecule has 1 aliphatic heterocycles. The third-order valence-corrected chi connectivity index (χ3v) is 4.95. The molecule has 2 aromatic heterocycles. The third kappa shape index (κ3) is 2.81. The minimum Gasteiger partial charge on any atom is -0.332 e. The summed E-state index contributed by atoms with van der Waals surface area (Å²) in [6, 6.07) is -0.0684. The average molecular weight is 420 g/mol. The van der Waals surface area contributed by atoms with Crippen LogP contribution in [0.1, 0.15) is 29.1 Å². The molecule has 3 heterocycles. The van der Waals surface area contributed by atoms with E-state index in [-0.39, 0.29) is 35.6 Å². The lowest BCUT2D eigenvalue weighted by atomic mass is 10.2. The van der Waals surface area contributed by atoms with Crippen molar-refractivity contribution in [3.8, 4) is 0 Å². The SMILES string of the molecule is CC1Cn2c(cnc2C(F)(F)F)CN1C(=O)c1nc2c(F)cc(F)c(Cl)c2[nH]1. The molecule has 1 N–H and O–H groups in total. The highest BCUT2D eigenvalue weighted by Crippen LogP contribution is 2.32. The summed E-state index contributed by atoms with van der Waals surface area (Å²) in [5, 5.41) is -0.414. The number of nitrogens with one attached hydrogen (secondary N) is 1. The topological polar surface area (TPSA) is 66.8 Å². The van der Waals surface area contributed by atoms with Crippen molar-refractivity contribution in [3.05, 3.63) is 46.3 Å². The fraction of sp³-hybridized carbons (Fsp3) is 0.312. The van der Waals surface area contributed by atoms with Gasteiger partial charge < -0.3 is 14.5 Å². The molecule has 148 valence electrons. The molecule has 1 amide bonds. The summed E-state index contributed by atoms with van der Waals surface area (Å²) < 4.78 is 67.6. The molecule has 1 atom stereocenters. The van der Waals surface area contributed by atoms with E-state index in [9.17, 15) is 26.7 Å². The van der Waals surface area contributed by atoms with Crippen LogP contribution in [0.25, 0.3) is 11.0 Å². The lowest BCUT2D eigenvalue weighted by molar-refractivity contribution is -0.148. The van der Waals surface area contributed by atoms with Crippen molar-refractivity contribution in [1.29, 1.82) is 0 Å². The number of fused-ring (bicyclic) bond motifs is 2. The van der Waals surface area contributed by atoms with Gasteiger partial charge in [0.05, 0.1) is 24.0 Å². The molecule has 0 bridgehead atoms. The van der Waals surface area contributed by atoms with Crippen molar-refractivity contribution in [2.24, 2.45) is 0 Å². The molecule has 1 aromatic carbocycles. The van der Waals surface area contributed by atoms with Crippen LogP contribution in [0.15, 0.2) is 12.3 Å². The molecule has 0 aliphatic carbocycles. The van der Waals surface area contributed by atoms with Gasteiger partial charge in [-0.25, -0.2) is 18.7 Å².